The molecule has 2 amide bonds. The van der Waals surface area contributed by atoms with Crippen LogP contribution in [-0.4, -0.2) is 66.1 Å². The maximum Gasteiger partial charge on any atom is 0.317 e. The summed E-state index contributed by atoms with van der Waals surface area (Å²) in [7, 11) is 1.64. The third-order valence-corrected chi connectivity index (χ3v) is 3.36. The second-order valence-electron chi connectivity index (χ2n) is 5.64. The summed E-state index contributed by atoms with van der Waals surface area (Å²) in [6.07, 6.45) is 1.56. The van der Waals surface area contributed by atoms with Crippen molar-refractivity contribution in [2.24, 2.45) is 5.92 Å². The molecule has 1 aliphatic rings. The summed E-state index contributed by atoms with van der Waals surface area (Å²) in [4.78, 5) is 24.3. The van der Waals surface area contributed by atoms with Gasteiger partial charge in [0, 0.05) is 32.7 Å². The topological polar surface area (TPSA) is 99.1 Å². The molecule has 1 aliphatic heterocycles. The van der Waals surface area contributed by atoms with Crippen LogP contribution in [0, 0.1) is 5.92 Å². The van der Waals surface area contributed by atoms with E-state index in [9.17, 15) is 14.7 Å². The Hall–Kier alpha value is -1.34. The van der Waals surface area contributed by atoms with Crippen molar-refractivity contribution in [2.45, 2.75) is 31.8 Å². The number of amides is 2. The Balaban J connectivity index is 2.40. The van der Waals surface area contributed by atoms with Crippen molar-refractivity contribution in [3.8, 4) is 0 Å². The van der Waals surface area contributed by atoms with Crippen LogP contribution in [-0.2, 0) is 9.53 Å². The van der Waals surface area contributed by atoms with Crippen molar-refractivity contribution in [1.29, 1.82) is 0 Å². The number of aliphatic carboxylic acids is 1. The SMILES string of the molecule is COCC1CCCN(C(=O)NCC(C)(O)CC(=O)O)C1. The molecule has 1 heterocycles. The van der Waals surface area contributed by atoms with Crippen molar-refractivity contribution in [3.63, 3.8) is 0 Å². The van der Waals surface area contributed by atoms with E-state index in [4.69, 9.17) is 9.84 Å². The first-order valence-corrected chi connectivity index (χ1v) is 6.80. The summed E-state index contributed by atoms with van der Waals surface area (Å²) < 4.78 is 5.10. The molecule has 1 rings (SSSR count). The van der Waals surface area contributed by atoms with E-state index in [2.05, 4.69) is 5.32 Å². The number of carboxylic acids is 1. The third-order valence-electron chi connectivity index (χ3n) is 3.36. The highest BCUT2D eigenvalue weighted by Crippen LogP contribution is 2.17. The first-order valence-electron chi connectivity index (χ1n) is 6.80. The van der Waals surface area contributed by atoms with Crippen molar-refractivity contribution in [1.82, 2.24) is 10.2 Å². The minimum Gasteiger partial charge on any atom is -0.481 e. The van der Waals surface area contributed by atoms with Crippen LogP contribution in [0.15, 0.2) is 0 Å². The van der Waals surface area contributed by atoms with E-state index in [-0.39, 0.29) is 12.6 Å². The number of methoxy groups -OCH3 is 1. The van der Waals surface area contributed by atoms with Gasteiger partial charge in [0.05, 0.1) is 18.6 Å². The van der Waals surface area contributed by atoms with Gasteiger partial charge in [-0.15, -0.1) is 0 Å². The van der Waals surface area contributed by atoms with Crippen LogP contribution >= 0.6 is 0 Å². The molecule has 20 heavy (non-hydrogen) atoms. The summed E-state index contributed by atoms with van der Waals surface area (Å²) in [6.45, 7) is 3.24. The van der Waals surface area contributed by atoms with Crippen molar-refractivity contribution in [2.75, 3.05) is 33.4 Å². The number of hydrogen-bond acceptors (Lipinski definition) is 4. The van der Waals surface area contributed by atoms with E-state index in [1.54, 1.807) is 12.0 Å². The van der Waals surface area contributed by atoms with E-state index in [1.165, 1.54) is 6.92 Å². The summed E-state index contributed by atoms with van der Waals surface area (Å²) >= 11 is 0. The Morgan fingerprint density at radius 3 is 2.80 bits per heavy atom. The van der Waals surface area contributed by atoms with Crippen LogP contribution < -0.4 is 5.32 Å². The highest BCUT2D eigenvalue weighted by Gasteiger charge is 2.28. The number of carbonyl (C=O) groups is 2. The molecule has 0 radical (unpaired) electrons. The minimum absolute atomic E-state index is 0.0798. The molecule has 7 nitrogen and oxygen atoms in total. The lowest BCUT2D eigenvalue weighted by Crippen LogP contribution is -2.50. The fourth-order valence-electron chi connectivity index (χ4n) is 2.39. The summed E-state index contributed by atoms with van der Waals surface area (Å²) in [5.41, 5.74) is -1.44. The van der Waals surface area contributed by atoms with Crippen LogP contribution in [0.3, 0.4) is 0 Å². The maximum absolute atomic E-state index is 12.0. The van der Waals surface area contributed by atoms with Gasteiger partial charge in [-0.2, -0.15) is 0 Å². The number of hydrogen-bond donors (Lipinski definition) is 3. The second-order valence-corrected chi connectivity index (χ2v) is 5.64. The van der Waals surface area contributed by atoms with Gasteiger partial charge in [-0.25, -0.2) is 4.79 Å². The van der Waals surface area contributed by atoms with Gasteiger partial charge in [0.15, 0.2) is 0 Å². The number of likely N-dealkylation sites (tertiary alicyclic amines) is 1. The molecule has 0 aromatic heterocycles. The predicted octanol–water partition coefficient (Wildman–Crippen LogP) is 0.280. The van der Waals surface area contributed by atoms with Crippen molar-refractivity contribution >= 4 is 12.0 Å². The van der Waals surface area contributed by atoms with Crippen LogP contribution in [0.4, 0.5) is 4.79 Å². The van der Waals surface area contributed by atoms with Gasteiger partial charge >= 0.3 is 12.0 Å². The monoisotopic (exact) mass is 288 g/mol. The quantitative estimate of drug-likeness (QED) is 0.652. The van der Waals surface area contributed by atoms with E-state index in [0.717, 1.165) is 12.8 Å². The summed E-state index contributed by atoms with van der Waals surface area (Å²) in [5, 5.41) is 21.1. The first-order chi connectivity index (χ1) is 9.34. The van der Waals surface area contributed by atoms with Gasteiger partial charge in [0.2, 0.25) is 0 Å². The number of rotatable bonds is 6. The van der Waals surface area contributed by atoms with Gasteiger partial charge in [-0.05, 0) is 19.8 Å². The average Bonchev–Trinajstić information content (AvgIpc) is 2.35. The van der Waals surface area contributed by atoms with Gasteiger partial charge in [0.25, 0.3) is 0 Å². The van der Waals surface area contributed by atoms with E-state index in [1.807, 2.05) is 0 Å². The highest BCUT2D eigenvalue weighted by atomic mass is 16.5. The standard InChI is InChI=1S/C13H24N2O5/c1-13(19,6-11(16)17)9-14-12(18)15-5-3-4-10(7-15)8-20-2/h10,19H,3-9H2,1-2H3,(H,14,18)(H,16,17). The zero-order valence-corrected chi connectivity index (χ0v) is 12.1. The zero-order chi connectivity index (χ0) is 15.2. The average molecular weight is 288 g/mol. The number of nitrogens with one attached hydrogen (secondary N) is 1. The number of piperidine rings is 1. The molecule has 1 fully saturated rings. The summed E-state index contributed by atoms with van der Waals surface area (Å²) in [6, 6.07) is -0.267. The molecule has 0 bridgehead atoms. The largest absolute Gasteiger partial charge is 0.481 e. The molecular formula is C13H24N2O5. The number of aliphatic hydroxyl groups is 1. The third kappa shape index (κ3) is 5.75. The Labute approximate surface area is 118 Å². The van der Waals surface area contributed by atoms with Crippen LogP contribution in [0.25, 0.3) is 0 Å². The van der Waals surface area contributed by atoms with Gasteiger partial charge < -0.3 is 25.2 Å². The maximum atomic E-state index is 12.0. The number of ether oxygens (including phenoxy) is 1. The highest BCUT2D eigenvalue weighted by molar-refractivity contribution is 5.74. The minimum atomic E-state index is -1.44. The number of carbonyl (C=O) groups excluding carboxylic acids is 1. The van der Waals surface area contributed by atoms with Crippen LogP contribution in [0.1, 0.15) is 26.2 Å². The molecule has 3 N–H and O–H groups in total. The predicted molar refractivity (Wildman–Crippen MR) is 72.4 cm³/mol. The number of nitrogens with zero attached hydrogens (tertiary/aromatic N) is 1. The fourth-order valence-corrected chi connectivity index (χ4v) is 2.39. The lowest BCUT2D eigenvalue weighted by molar-refractivity contribution is -0.141. The number of urea groups is 1. The molecule has 0 saturated carbocycles. The molecule has 1 saturated heterocycles. The second kappa shape index (κ2) is 7.44. The molecule has 7 heteroatoms. The molecular weight excluding hydrogens is 264 g/mol. The smallest absolute Gasteiger partial charge is 0.317 e. The summed E-state index contributed by atoms with van der Waals surface area (Å²) in [5.74, 6) is -0.763. The molecule has 116 valence electrons. The lowest BCUT2D eigenvalue weighted by atomic mass is 9.99. The molecule has 2 atom stereocenters. The van der Waals surface area contributed by atoms with E-state index < -0.39 is 18.0 Å². The first kappa shape index (κ1) is 16.7. The molecule has 0 aliphatic carbocycles. The van der Waals surface area contributed by atoms with E-state index in [0.29, 0.717) is 25.6 Å². The van der Waals surface area contributed by atoms with Crippen molar-refractivity contribution in [3.05, 3.63) is 0 Å². The normalized spacial score (nSPS) is 22.1. The molecule has 2 unspecified atom stereocenters. The van der Waals surface area contributed by atoms with Crippen LogP contribution in [0.5, 0.6) is 0 Å². The Kier molecular flexibility index (Phi) is 6.22. The fraction of sp³-hybridized carbons (Fsp3) is 0.846. The molecule has 0 aromatic rings. The number of carboxylic acid groups (broad SMARTS) is 1. The Morgan fingerprint density at radius 2 is 2.20 bits per heavy atom. The Morgan fingerprint density at radius 1 is 1.50 bits per heavy atom. The Bertz CT molecular complexity index is 344. The molecule has 0 spiro atoms. The van der Waals surface area contributed by atoms with Gasteiger partial charge in [-0.1, -0.05) is 0 Å². The molecule has 0 aromatic carbocycles. The zero-order valence-electron chi connectivity index (χ0n) is 12.1. The van der Waals surface area contributed by atoms with Gasteiger partial charge in [0.1, 0.15) is 0 Å². The van der Waals surface area contributed by atoms with E-state index >= 15 is 0 Å². The van der Waals surface area contributed by atoms with Gasteiger partial charge in [-0.3, -0.25) is 4.79 Å². The lowest BCUT2D eigenvalue weighted by Gasteiger charge is -2.33. The van der Waals surface area contributed by atoms with Crippen molar-refractivity contribution < 1.29 is 24.5 Å². The van der Waals surface area contributed by atoms with Crippen LogP contribution in [0.2, 0.25) is 0 Å².